The van der Waals surface area contributed by atoms with Crippen molar-refractivity contribution in [3.63, 3.8) is 0 Å². The van der Waals surface area contributed by atoms with Gasteiger partial charge in [0.1, 0.15) is 0 Å². The van der Waals surface area contributed by atoms with Crippen LogP contribution in [0.5, 0.6) is 11.5 Å². The molecule has 0 aromatic heterocycles. The van der Waals surface area contributed by atoms with Gasteiger partial charge < -0.3 is 14.2 Å². The van der Waals surface area contributed by atoms with Crippen molar-refractivity contribution in [3.8, 4) is 11.5 Å². The maximum atomic E-state index is 12.6. The van der Waals surface area contributed by atoms with Crippen LogP contribution in [0.2, 0.25) is 0 Å². The number of methoxy groups -OCH3 is 1. The lowest BCUT2D eigenvalue weighted by Crippen LogP contribution is -2.10. The zero-order valence-electron chi connectivity index (χ0n) is 19.1. The molecule has 0 N–H and O–H groups in total. The number of carbonyl (C=O) groups excluding carboxylic acids is 2. The van der Waals surface area contributed by atoms with Crippen LogP contribution >= 0.6 is 0 Å². The van der Waals surface area contributed by atoms with Crippen molar-refractivity contribution in [1.82, 2.24) is 0 Å². The van der Waals surface area contributed by atoms with Crippen LogP contribution in [-0.4, -0.2) is 29.9 Å². The summed E-state index contributed by atoms with van der Waals surface area (Å²) in [6.07, 6.45) is 1.48. The highest BCUT2D eigenvalue weighted by atomic mass is 16.6. The molecule has 0 radical (unpaired) electrons. The van der Waals surface area contributed by atoms with Crippen LogP contribution in [0.15, 0.2) is 71.4 Å². The third kappa shape index (κ3) is 4.93. The fourth-order valence-corrected chi connectivity index (χ4v) is 3.44. The van der Waals surface area contributed by atoms with Gasteiger partial charge in [0.15, 0.2) is 17.2 Å². The molecule has 3 aromatic rings. The van der Waals surface area contributed by atoms with Gasteiger partial charge in [-0.3, -0.25) is 10.1 Å². The Hall–Kier alpha value is -4.79. The normalized spacial score (nSPS) is 13.9. The highest BCUT2D eigenvalue weighted by Gasteiger charge is 2.26. The number of ether oxygens (including phenoxy) is 3. The minimum absolute atomic E-state index is 0.00920. The lowest BCUT2D eigenvalue weighted by atomic mass is 10.1. The van der Waals surface area contributed by atoms with Gasteiger partial charge in [0.05, 0.1) is 17.6 Å². The molecule has 9 nitrogen and oxygen atoms in total. The first-order valence-electron chi connectivity index (χ1n) is 10.5. The standard InChI is InChI=1S/C26H20N2O7/c1-15-6-4-5-7-19(15)25(29)34-22-11-9-17(13-23(22)33-3)12-20-26(30)35-24(27-20)18-10-8-16(2)21(14-18)28(31)32/h4-14H,1-3H3/b20-12-. The smallest absolute Gasteiger partial charge is 0.363 e. The van der Waals surface area contributed by atoms with Crippen LogP contribution in [0, 0.1) is 24.0 Å². The van der Waals surface area contributed by atoms with Crippen LogP contribution in [0.1, 0.15) is 32.6 Å². The summed E-state index contributed by atoms with van der Waals surface area (Å²) < 4.78 is 16.1. The van der Waals surface area contributed by atoms with E-state index in [4.69, 9.17) is 14.2 Å². The van der Waals surface area contributed by atoms with Gasteiger partial charge in [-0.15, -0.1) is 0 Å². The number of hydrogen-bond donors (Lipinski definition) is 0. The number of hydrogen-bond acceptors (Lipinski definition) is 8. The molecular weight excluding hydrogens is 452 g/mol. The summed E-state index contributed by atoms with van der Waals surface area (Å²) in [7, 11) is 1.43. The van der Waals surface area contributed by atoms with E-state index >= 15 is 0 Å². The third-order valence-electron chi connectivity index (χ3n) is 5.33. The number of aryl methyl sites for hydroxylation is 2. The molecule has 0 unspecified atom stereocenters. The first kappa shape index (κ1) is 23.4. The molecule has 35 heavy (non-hydrogen) atoms. The van der Waals surface area contributed by atoms with Gasteiger partial charge in [0.2, 0.25) is 5.90 Å². The van der Waals surface area contributed by atoms with E-state index in [1.807, 2.05) is 19.1 Å². The van der Waals surface area contributed by atoms with E-state index in [2.05, 4.69) is 4.99 Å². The van der Waals surface area contributed by atoms with E-state index in [0.29, 0.717) is 22.3 Å². The largest absolute Gasteiger partial charge is 0.493 e. The van der Waals surface area contributed by atoms with E-state index in [1.165, 1.54) is 19.3 Å². The minimum Gasteiger partial charge on any atom is -0.493 e. The van der Waals surface area contributed by atoms with E-state index in [1.54, 1.807) is 49.4 Å². The van der Waals surface area contributed by atoms with Crippen molar-refractivity contribution in [1.29, 1.82) is 0 Å². The zero-order valence-corrected chi connectivity index (χ0v) is 19.1. The van der Waals surface area contributed by atoms with Crippen LogP contribution in [0.3, 0.4) is 0 Å². The van der Waals surface area contributed by atoms with Crippen LogP contribution in [0.4, 0.5) is 5.69 Å². The second-order valence-electron chi connectivity index (χ2n) is 7.71. The molecule has 3 aromatic carbocycles. The van der Waals surface area contributed by atoms with Crippen molar-refractivity contribution in [2.45, 2.75) is 13.8 Å². The van der Waals surface area contributed by atoms with Crippen LogP contribution in [0.25, 0.3) is 6.08 Å². The Labute approximate surface area is 200 Å². The maximum absolute atomic E-state index is 12.6. The number of cyclic esters (lactones) is 1. The van der Waals surface area contributed by atoms with Crippen LogP contribution < -0.4 is 9.47 Å². The molecule has 0 saturated carbocycles. The fraction of sp³-hybridized carbons (Fsp3) is 0.115. The van der Waals surface area contributed by atoms with Gasteiger partial charge in [-0.05, 0) is 55.3 Å². The van der Waals surface area contributed by atoms with E-state index < -0.39 is 16.9 Å². The molecule has 176 valence electrons. The van der Waals surface area contributed by atoms with Crippen molar-refractivity contribution in [3.05, 3.63) is 104 Å². The van der Waals surface area contributed by atoms with Gasteiger partial charge in [0, 0.05) is 17.2 Å². The lowest BCUT2D eigenvalue weighted by Gasteiger charge is -2.11. The van der Waals surface area contributed by atoms with Crippen molar-refractivity contribution in [2.75, 3.05) is 7.11 Å². The summed E-state index contributed by atoms with van der Waals surface area (Å²) in [6.45, 7) is 3.43. The number of esters is 2. The second-order valence-corrected chi connectivity index (χ2v) is 7.71. The van der Waals surface area contributed by atoms with Gasteiger partial charge >= 0.3 is 11.9 Å². The second kappa shape index (κ2) is 9.60. The third-order valence-corrected chi connectivity index (χ3v) is 5.33. The predicted octanol–water partition coefficient (Wildman–Crippen LogP) is 4.78. The molecule has 0 bridgehead atoms. The summed E-state index contributed by atoms with van der Waals surface area (Å²) in [5, 5.41) is 11.2. The van der Waals surface area contributed by atoms with Crippen molar-refractivity contribution >= 4 is 29.6 Å². The maximum Gasteiger partial charge on any atom is 0.363 e. The Morgan fingerprint density at radius 1 is 1.03 bits per heavy atom. The highest BCUT2D eigenvalue weighted by Crippen LogP contribution is 2.31. The number of nitro groups is 1. The Kier molecular flexibility index (Phi) is 6.41. The SMILES string of the molecule is COc1cc(/C=C2\N=C(c3ccc(C)c([N+](=O)[O-])c3)OC2=O)ccc1OC(=O)c1ccccc1C. The summed E-state index contributed by atoms with van der Waals surface area (Å²) >= 11 is 0. The first-order chi connectivity index (χ1) is 16.8. The molecule has 0 spiro atoms. The Morgan fingerprint density at radius 2 is 1.80 bits per heavy atom. The molecule has 1 heterocycles. The minimum atomic E-state index is -0.697. The molecule has 1 aliphatic heterocycles. The van der Waals surface area contributed by atoms with E-state index in [-0.39, 0.29) is 28.8 Å². The predicted molar refractivity (Wildman–Crippen MR) is 128 cm³/mol. The van der Waals surface area contributed by atoms with Crippen molar-refractivity contribution in [2.24, 2.45) is 4.99 Å². The Balaban J connectivity index is 1.60. The average molecular weight is 472 g/mol. The number of aliphatic imine (C=N–C) groups is 1. The van der Waals surface area contributed by atoms with Gasteiger partial charge in [-0.25, -0.2) is 14.6 Å². The molecule has 1 aliphatic rings. The summed E-state index contributed by atoms with van der Waals surface area (Å²) in [5.41, 5.74) is 2.47. The van der Waals surface area contributed by atoms with Gasteiger partial charge in [-0.2, -0.15) is 0 Å². The summed E-state index contributed by atoms with van der Waals surface area (Å²) in [4.78, 5) is 39.8. The van der Waals surface area contributed by atoms with Gasteiger partial charge in [-0.1, -0.05) is 30.3 Å². The van der Waals surface area contributed by atoms with Crippen LogP contribution in [-0.2, 0) is 9.53 Å². The Morgan fingerprint density at radius 3 is 2.51 bits per heavy atom. The zero-order chi connectivity index (χ0) is 25.1. The lowest BCUT2D eigenvalue weighted by molar-refractivity contribution is -0.385. The van der Waals surface area contributed by atoms with Gasteiger partial charge in [0.25, 0.3) is 5.69 Å². The summed E-state index contributed by atoms with van der Waals surface area (Å²) in [6, 6.07) is 16.3. The highest BCUT2D eigenvalue weighted by molar-refractivity contribution is 6.13. The summed E-state index contributed by atoms with van der Waals surface area (Å²) in [5.74, 6) is -0.746. The molecule has 9 heteroatoms. The number of nitrogens with zero attached hydrogens (tertiary/aromatic N) is 2. The molecule has 0 amide bonds. The monoisotopic (exact) mass is 472 g/mol. The van der Waals surface area contributed by atoms with E-state index in [0.717, 1.165) is 5.56 Å². The molecule has 0 fully saturated rings. The average Bonchev–Trinajstić information content (AvgIpc) is 3.20. The number of carbonyl (C=O) groups is 2. The molecule has 4 rings (SSSR count). The molecule has 0 saturated heterocycles. The Bertz CT molecular complexity index is 1420. The topological polar surface area (TPSA) is 117 Å². The number of benzene rings is 3. The number of nitro benzene ring substituents is 1. The van der Waals surface area contributed by atoms with Crippen molar-refractivity contribution < 1.29 is 28.7 Å². The molecular formula is C26H20N2O7. The molecule has 0 atom stereocenters. The first-order valence-corrected chi connectivity index (χ1v) is 10.5. The number of rotatable bonds is 6. The fourth-order valence-electron chi connectivity index (χ4n) is 3.44. The quantitative estimate of drug-likeness (QED) is 0.166. The molecule has 0 aliphatic carbocycles. The van der Waals surface area contributed by atoms with E-state index in [9.17, 15) is 19.7 Å².